The summed E-state index contributed by atoms with van der Waals surface area (Å²) in [4.78, 5) is 19.5. The van der Waals surface area contributed by atoms with E-state index in [9.17, 15) is 4.79 Å². The zero-order valence-electron chi connectivity index (χ0n) is 11.3. The zero-order chi connectivity index (χ0) is 14.7. The summed E-state index contributed by atoms with van der Waals surface area (Å²) in [5.41, 5.74) is 1.59. The molecule has 0 amide bonds. The van der Waals surface area contributed by atoms with Crippen molar-refractivity contribution in [3.05, 3.63) is 54.4 Å². The number of oxazole rings is 1. The fourth-order valence-electron chi connectivity index (χ4n) is 1.81. The Bertz CT molecular complexity index is 748. The number of hydrogen-bond acceptors (Lipinski definition) is 6. The average molecular weight is 284 g/mol. The van der Waals surface area contributed by atoms with E-state index in [0.717, 1.165) is 5.56 Å². The Morgan fingerprint density at radius 2 is 2.14 bits per heavy atom. The van der Waals surface area contributed by atoms with Crippen LogP contribution in [0.2, 0.25) is 0 Å². The Hall–Kier alpha value is -2.96. The standard InChI is InChI=1S/C14H12N4O3/c1-20-14(19)12-15-9-18(17-12)7-11-8-21-13(16-11)10-5-3-2-4-6-10/h2-6,8-9H,7H2,1H3. The van der Waals surface area contributed by atoms with Gasteiger partial charge in [0.1, 0.15) is 18.3 Å². The molecule has 0 aliphatic heterocycles. The van der Waals surface area contributed by atoms with Crippen molar-refractivity contribution in [2.24, 2.45) is 0 Å². The molecule has 2 heterocycles. The molecule has 0 radical (unpaired) electrons. The van der Waals surface area contributed by atoms with Crippen molar-refractivity contribution in [2.75, 3.05) is 7.11 Å². The van der Waals surface area contributed by atoms with E-state index in [1.807, 2.05) is 30.3 Å². The van der Waals surface area contributed by atoms with Crippen molar-refractivity contribution in [3.8, 4) is 11.5 Å². The van der Waals surface area contributed by atoms with E-state index < -0.39 is 5.97 Å². The van der Waals surface area contributed by atoms with Gasteiger partial charge in [0.25, 0.3) is 5.82 Å². The second-order valence-electron chi connectivity index (χ2n) is 4.27. The van der Waals surface area contributed by atoms with Gasteiger partial charge in [-0.05, 0) is 12.1 Å². The van der Waals surface area contributed by atoms with Gasteiger partial charge in [-0.2, -0.15) is 0 Å². The van der Waals surface area contributed by atoms with Crippen molar-refractivity contribution >= 4 is 5.97 Å². The highest BCUT2D eigenvalue weighted by molar-refractivity contribution is 5.84. The molecule has 0 bridgehead atoms. The third-order valence-corrected chi connectivity index (χ3v) is 2.80. The van der Waals surface area contributed by atoms with Crippen molar-refractivity contribution in [1.29, 1.82) is 0 Å². The summed E-state index contributed by atoms with van der Waals surface area (Å²) < 4.78 is 11.5. The normalized spacial score (nSPS) is 10.5. The fraction of sp³-hybridized carbons (Fsp3) is 0.143. The molecule has 7 heteroatoms. The van der Waals surface area contributed by atoms with Gasteiger partial charge in [0.2, 0.25) is 5.89 Å². The van der Waals surface area contributed by atoms with Crippen molar-refractivity contribution < 1.29 is 13.9 Å². The fourth-order valence-corrected chi connectivity index (χ4v) is 1.81. The van der Waals surface area contributed by atoms with Gasteiger partial charge >= 0.3 is 5.97 Å². The van der Waals surface area contributed by atoms with Crippen LogP contribution in [-0.2, 0) is 11.3 Å². The maximum Gasteiger partial charge on any atom is 0.377 e. The second kappa shape index (κ2) is 5.58. The molecule has 21 heavy (non-hydrogen) atoms. The number of esters is 1. The molecule has 0 unspecified atom stereocenters. The third-order valence-electron chi connectivity index (χ3n) is 2.80. The van der Waals surface area contributed by atoms with Crippen LogP contribution in [-0.4, -0.2) is 32.8 Å². The summed E-state index contributed by atoms with van der Waals surface area (Å²) in [6.07, 6.45) is 3.00. The van der Waals surface area contributed by atoms with Gasteiger partial charge in [-0.15, -0.1) is 5.10 Å². The average Bonchev–Trinajstić information content (AvgIpc) is 3.17. The molecule has 0 fully saturated rings. The van der Waals surface area contributed by atoms with Crippen LogP contribution in [0.25, 0.3) is 11.5 Å². The maximum atomic E-state index is 11.3. The van der Waals surface area contributed by atoms with Crippen LogP contribution in [0.5, 0.6) is 0 Å². The summed E-state index contributed by atoms with van der Waals surface area (Å²) >= 11 is 0. The first-order chi connectivity index (χ1) is 10.3. The van der Waals surface area contributed by atoms with Crippen LogP contribution in [0, 0.1) is 0 Å². The molecular formula is C14H12N4O3. The molecule has 0 atom stereocenters. The summed E-state index contributed by atoms with van der Waals surface area (Å²) in [6.45, 7) is 0.361. The van der Waals surface area contributed by atoms with E-state index in [2.05, 4.69) is 19.8 Å². The van der Waals surface area contributed by atoms with Gasteiger partial charge in [-0.1, -0.05) is 18.2 Å². The first-order valence-electron chi connectivity index (χ1n) is 6.24. The highest BCUT2D eigenvalue weighted by Crippen LogP contribution is 2.18. The predicted octanol–water partition coefficient (Wildman–Crippen LogP) is 1.77. The molecule has 1 aromatic carbocycles. The van der Waals surface area contributed by atoms with E-state index in [1.54, 1.807) is 6.26 Å². The summed E-state index contributed by atoms with van der Waals surface area (Å²) in [5, 5.41) is 4.01. The van der Waals surface area contributed by atoms with E-state index in [1.165, 1.54) is 18.1 Å². The minimum atomic E-state index is -0.570. The number of rotatable bonds is 4. The topological polar surface area (TPSA) is 83.0 Å². The Kier molecular flexibility index (Phi) is 3.46. The smallest absolute Gasteiger partial charge is 0.377 e. The summed E-state index contributed by atoms with van der Waals surface area (Å²) in [5.74, 6) is -0.0120. The molecule has 3 aromatic rings. The second-order valence-corrected chi connectivity index (χ2v) is 4.27. The van der Waals surface area contributed by atoms with Crippen LogP contribution in [0.1, 0.15) is 16.3 Å². The van der Waals surface area contributed by atoms with Crippen LogP contribution >= 0.6 is 0 Å². The maximum absolute atomic E-state index is 11.3. The number of ether oxygens (including phenoxy) is 1. The van der Waals surface area contributed by atoms with Gasteiger partial charge in [0.15, 0.2) is 0 Å². The minimum absolute atomic E-state index is 0.0178. The number of nitrogens with zero attached hydrogens (tertiary/aromatic N) is 4. The minimum Gasteiger partial charge on any atom is -0.463 e. The highest BCUT2D eigenvalue weighted by atomic mass is 16.5. The van der Waals surface area contributed by atoms with Crippen molar-refractivity contribution in [1.82, 2.24) is 19.7 Å². The Balaban J connectivity index is 1.76. The molecule has 2 aromatic heterocycles. The number of hydrogen-bond donors (Lipinski definition) is 0. The first-order valence-corrected chi connectivity index (χ1v) is 6.24. The number of benzene rings is 1. The molecule has 0 saturated carbocycles. The molecule has 0 spiro atoms. The van der Waals surface area contributed by atoms with Gasteiger partial charge < -0.3 is 9.15 Å². The Morgan fingerprint density at radius 3 is 2.90 bits per heavy atom. The third kappa shape index (κ3) is 2.81. The molecule has 3 rings (SSSR count). The predicted molar refractivity (Wildman–Crippen MR) is 72.4 cm³/mol. The lowest BCUT2D eigenvalue weighted by molar-refractivity contribution is 0.0586. The van der Waals surface area contributed by atoms with Crippen LogP contribution in [0.15, 0.2) is 47.3 Å². The van der Waals surface area contributed by atoms with Crippen LogP contribution in [0.4, 0.5) is 0 Å². The molecule has 0 N–H and O–H groups in total. The van der Waals surface area contributed by atoms with E-state index in [0.29, 0.717) is 18.1 Å². The lowest BCUT2D eigenvalue weighted by atomic mass is 10.2. The van der Waals surface area contributed by atoms with Crippen molar-refractivity contribution in [2.45, 2.75) is 6.54 Å². The molecule has 0 aliphatic rings. The van der Waals surface area contributed by atoms with Gasteiger partial charge in [-0.3, -0.25) is 0 Å². The zero-order valence-corrected chi connectivity index (χ0v) is 11.3. The molecule has 0 aliphatic carbocycles. The first kappa shape index (κ1) is 13.0. The molecule has 106 valence electrons. The van der Waals surface area contributed by atoms with Crippen molar-refractivity contribution in [3.63, 3.8) is 0 Å². The lowest BCUT2D eigenvalue weighted by Crippen LogP contribution is -2.06. The van der Waals surface area contributed by atoms with Gasteiger partial charge in [-0.25, -0.2) is 19.4 Å². The largest absolute Gasteiger partial charge is 0.463 e. The monoisotopic (exact) mass is 284 g/mol. The molecule has 0 saturated heterocycles. The molecule has 7 nitrogen and oxygen atoms in total. The van der Waals surface area contributed by atoms with E-state index >= 15 is 0 Å². The van der Waals surface area contributed by atoms with Gasteiger partial charge in [0.05, 0.1) is 13.7 Å². The van der Waals surface area contributed by atoms with E-state index in [4.69, 9.17) is 4.42 Å². The molecular weight excluding hydrogens is 272 g/mol. The summed E-state index contributed by atoms with van der Waals surface area (Å²) in [6, 6.07) is 9.59. The van der Waals surface area contributed by atoms with Crippen LogP contribution < -0.4 is 0 Å². The highest BCUT2D eigenvalue weighted by Gasteiger charge is 2.12. The number of aromatic nitrogens is 4. The number of carbonyl (C=O) groups excluding carboxylic acids is 1. The Labute approximate surface area is 120 Å². The Morgan fingerprint density at radius 1 is 1.33 bits per heavy atom. The summed E-state index contributed by atoms with van der Waals surface area (Å²) in [7, 11) is 1.28. The number of methoxy groups -OCH3 is 1. The quantitative estimate of drug-likeness (QED) is 0.679. The SMILES string of the molecule is COC(=O)c1ncn(Cc2coc(-c3ccccc3)n2)n1. The number of carbonyl (C=O) groups is 1. The lowest BCUT2D eigenvalue weighted by Gasteiger charge is -1.95. The van der Waals surface area contributed by atoms with Gasteiger partial charge in [0, 0.05) is 5.56 Å². The van der Waals surface area contributed by atoms with E-state index in [-0.39, 0.29) is 5.82 Å². The van der Waals surface area contributed by atoms with Crippen LogP contribution in [0.3, 0.4) is 0 Å².